The Bertz CT molecular complexity index is 946. The molecule has 30 heavy (non-hydrogen) atoms. The number of hydrogen-bond donors (Lipinski definition) is 1. The van der Waals surface area contributed by atoms with Gasteiger partial charge in [-0.05, 0) is 42.0 Å². The molecule has 1 N–H and O–H groups in total. The predicted octanol–water partition coefficient (Wildman–Crippen LogP) is 2.97. The van der Waals surface area contributed by atoms with Gasteiger partial charge in [-0.15, -0.1) is 0 Å². The van der Waals surface area contributed by atoms with Crippen LogP contribution in [0.15, 0.2) is 53.6 Å². The van der Waals surface area contributed by atoms with E-state index in [1.807, 2.05) is 0 Å². The number of benzene rings is 2. The first-order chi connectivity index (χ1) is 14.2. The number of methoxy groups -OCH3 is 2. The number of ether oxygens (including phenoxy) is 3. The van der Waals surface area contributed by atoms with E-state index in [2.05, 4.69) is 5.10 Å². The molecule has 1 aliphatic heterocycles. The second-order valence-electron chi connectivity index (χ2n) is 6.41. The molecule has 7 nitrogen and oxygen atoms in total. The quantitative estimate of drug-likeness (QED) is 0.771. The molecular formula is C20H19F3N2O5. The lowest BCUT2D eigenvalue weighted by atomic mass is 10.0. The number of carbonyl (C=O) groups is 1. The normalized spacial score (nSPS) is 18.7. The van der Waals surface area contributed by atoms with Crippen LogP contribution in [0.2, 0.25) is 0 Å². The molecule has 1 amide bonds. The molecule has 0 radical (unpaired) electrons. The van der Waals surface area contributed by atoms with Crippen LogP contribution in [0, 0.1) is 0 Å². The van der Waals surface area contributed by atoms with Gasteiger partial charge in [0.25, 0.3) is 11.6 Å². The zero-order valence-corrected chi connectivity index (χ0v) is 16.1. The molecule has 0 bridgehead atoms. The van der Waals surface area contributed by atoms with Crippen LogP contribution in [0.4, 0.5) is 13.2 Å². The summed E-state index contributed by atoms with van der Waals surface area (Å²) in [7, 11) is 2.84. The fourth-order valence-corrected chi connectivity index (χ4v) is 2.91. The van der Waals surface area contributed by atoms with Crippen LogP contribution in [-0.2, 0) is 4.79 Å². The molecule has 0 aliphatic carbocycles. The van der Waals surface area contributed by atoms with Crippen molar-refractivity contribution in [1.82, 2.24) is 5.01 Å². The third-order valence-corrected chi connectivity index (χ3v) is 4.52. The van der Waals surface area contributed by atoms with Crippen molar-refractivity contribution in [3.8, 4) is 17.2 Å². The van der Waals surface area contributed by atoms with E-state index in [0.717, 1.165) is 0 Å². The number of hydrazone groups is 1. The van der Waals surface area contributed by atoms with Crippen molar-refractivity contribution in [2.45, 2.75) is 18.3 Å². The zero-order chi connectivity index (χ0) is 21.9. The molecule has 1 aliphatic rings. The number of aliphatic hydroxyl groups is 1. The Morgan fingerprint density at radius 1 is 1.10 bits per heavy atom. The van der Waals surface area contributed by atoms with Crippen molar-refractivity contribution >= 4 is 11.6 Å². The lowest BCUT2D eigenvalue weighted by Crippen LogP contribution is -2.57. The van der Waals surface area contributed by atoms with E-state index >= 15 is 0 Å². The smallest absolute Gasteiger partial charge is 0.438 e. The highest BCUT2D eigenvalue weighted by molar-refractivity contribution is 6.03. The predicted molar refractivity (Wildman–Crippen MR) is 100 cm³/mol. The molecular weight excluding hydrogens is 405 g/mol. The van der Waals surface area contributed by atoms with Gasteiger partial charge >= 0.3 is 6.18 Å². The number of nitrogens with zero attached hydrogens (tertiary/aromatic N) is 2. The fraction of sp³-hybridized carbons (Fsp3) is 0.300. The van der Waals surface area contributed by atoms with Gasteiger partial charge in [-0.1, -0.05) is 12.1 Å². The maximum atomic E-state index is 13.6. The molecule has 10 heteroatoms. The van der Waals surface area contributed by atoms with E-state index in [1.54, 1.807) is 30.3 Å². The van der Waals surface area contributed by atoms with Crippen LogP contribution < -0.4 is 14.2 Å². The Hall–Kier alpha value is -3.27. The third-order valence-electron chi connectivity index (χ3n) is 4.52. The van der Waals surface area contributed by atoms with E-state index < -0.39 is 30.8 Å². The van der Waals surface area contributed by atoms with Gasteiger partial charge in [-0.25, -0.2) is 0 Å². The molecule has 160 valence electrons. The highest BCUT2D eigenvalue weighted by Gasteiger charge is 2.63. The average molecular weight is 424 g/mol. The second kappa shape index (κ2) is 8.23. The molecule has 2 aromatic rings. The van der Waals surface area contributed by atoms with Crippen molar-refractivity contribution in [1.29, 1.82) is 0 Å². The third kappa shape index (κ3) is 4.04. The lowest BCUT2D eigenvalue weighted by molar-refractivity contribution is -0.302. The summed E-state index contributed by atoms with van der Waals surface area (Å²) in [4.78, 5) is 12.5. The Balaban J connectivity index is 1.85. The first kappa shape index (κ1) is 21.4. The number of halogens is 3. The summed E-state index contributed by atoms with van der Waals surface area (Å²) in [5, 5.41) is 14.1. The number of hydrogen-bond acceptors (Lipinski definition) is 6. The van der Waals surface area contributed by atoms with Gasteiger partial charge in [-0.2, -0.15) is 23.3 Å². The summed E-state index contributed by atoms with van der Waals surface area (Å²) in [6, 6.07) is 12.4. The highest BCUT2D eigenvalue weighted by atomic mass is 19.4. The van der Waals surface area contributed by atoms with Gasteiger partial charge in [-0.3, -0.25) is 4.79 Å². The van der Waals surface area contributed by atoms with Gasteiger partial charge in [0, 0.05) is 0 Å². The molecule has 0 aromatic heterocycles. The van der Waals surface area contributed by atoms with Gasteiger partial charge in [0.1, 0.15) is 5.75 Å². The van der Waals surface area contributed by atoms with Crippen molar-refractivity contribution in [3.05, 3.63) is 54.1 Å². The van der Waals surface area contributed by atoms with Gasteiger partial charge < -0.3 is 19.3 Å². The van der Waals surface area contributed by atoms with E-state index in [0.29, 0.717) is 17.1 Å². The van der Waals surface area contributed by atoms with Crippen LogP contribution >= 0.6 is 0 Å². The fourth-order valence-electron chi connectivity index (χ4n) is 2.91. The van der Waals surface area contributed by atoms with Crippen LogP contribution in [0.25, 0.3) is 0 Å². The molecule has 0 saturated heterocycles. The topological polar surface area (TPSA) is 80.6 Å². The first-order valence-corrected chi connectivity index (χ1v) is 8.79. The lowest BCUT2D eigenvalue weighted by Gasteiger charge is -2.32. The molecule has 1 atom stereocenters. The van der Waals surface area contributed by atoms with Crippen LogP contribution in [-0.4, -0.2) is 54.5 Å². The number of rotatable bonds is 6. The summed E-state index contributed by atoms with van der Waals surface area (Å²) >= 11 is 0. The van der Waals surface area contributed by atoms with Gasteiger partial charge in [0.15, 0.2) is 18.1 Å². The summed E-state index contributed by atoms with van der Waals surface area (Å²) in [5.74, 6) is -0.187. The summed E-state index contributed by atoms with van der Waals surface area (Å²) in [6.45, 7) is -0.780. The van der Waals surface area contributed by atoms with E-state index in [4.69, 9.17) is 14.2 Å². The summed E-state index contributed by atoms with van der Waals surface area (Å²) in [6.07, 6.45) is -6.05. The van der Waals surface area contributed by atoms with Gasteiger partial charge in [0.2, 0.25) is 0 Å². The average Bonchev–Trinajstić information content (AvgIpc) is 3.11. The summed E-state index contributed by atoms with van der Waals surface area (Å²) < 4.78 is 56.3. The van der Waals surface area contributed by atoms with Crippen molar-refractivity contribution in [3.63, 3.8) is 0 Å². The molecule has 1 heterocycles. The number of alkyl halides is 3. The maximum Gasteiger partial charge on any atom is 0.438 e. The minimum atomic E-state index is -5.13. The highest BCUT2D eigenvalue weighted by Crippen LogP contribution is 2.41. The van der Waals surface area contributed by atoms with E-state index in [1.165, 1.54) is 32.4 Å². The second-order valence-corrected chi connectivity index (χ2v) is 6.41. The number of amides is 1. The Morgan fingerprint density at radius 3 is 2.30 bits per heavy atom. The van der Waals surface area contributed by atoms with Crippen molar-refractivity contribution in [2.75, 3.05) is 20.8 Å². The first-order valence-electron chi connectivity index (χ1n) is 8.79. The molecule has 0 saturated carbocycles. The Morgan fingerprint density at radius 2 is 1.73 bits per heavy atom. The van der Waals surface area contributed by atoms with Crippen LogP contribution in [0.1, 0.15) is 12.0 Å². The van der Waals surface area contributed by atoms with E-state index in [-0.39, 0.29) is 16.5 Å². The largest absolute Gasteiger partial charge is 0.497 e. The molecule has 2 aromatic carbocycles. The number of carbonyl (C=O) groups excluding carboxylic acids is 1. The molecule has 0 spiro atoms. The Labute approximate surface area is 170 Å². The van der Waals surface area contributed by atoms with Crippen molar-refractivity contribution in [2.24, 2.45) is 5.10 Å². The van der Waals surface area contributed by atoms with Gasteiger partial charge in [0.05, 0.1) is 26.4 Å². The van der Waals surface area contributed by atoms with Crippen LogP contribution in [0.3, 0.4) is 0 Å². The minimum Gasteiger partial charge on any atom is -0.497 e. The van der Waals surface area contributed by atoms with Crippen LogP contribution in [0.5, 0.6) is 17.2 Å². The molecule has 1 unspecified atom stereocenters. The SMILES string of the molecule is COc1ccc(C2=NN(C(=O)COc3ccccc3OC)C(O)(C(F)(F)F)C2)cc1. The zero-order valence-electron chi connectivity index (χ0n) is 16.1. The summed E-state index contributed by atoms with van der Waals surface area (Å²) in [5.41, 5.74) is -3.26. The standard InChI is InChI=1S/C20H19F3N2O5/c1-28-14-9-7-13(8-10-14)15-11-19(27,20(21,22)23)25(24-15)18(26)12-30-17-6-4-3-5-16(17)29-2/h3-10,27H,11-12H2,1-2H3. The minimum absolute atomic E-state index is 0.0297. The van der Waals surface area contributed by atoms with Crippen molar-refractivity contribution < 1.29 is 37.3 Å². The van der Waals surface area contributed by atoms with E-state index in [9.17, 15) is 23.1 Å². The monoisotopic (exact) mass is 424 g/mol. The number of para-hydroxylation sites is 2. The Kier molecular flexibility index (Phi) is 5.88. The maximum absolute atomic E-state index is 13.6. The molecule has 3 rings (SSSR count). The molecule has 0 fully saturated rings.